The number of amides is 1. The molecule has 0 heterocycles. The Labute approximate surface area is 106 Å². The van der Waals surface area contributed by atoms with Crippen molar-refractivity contribution in [1.29, 1.82) is 5.26 Å². The number of carbonyl (C=O) groups is 1. The van der Waals surface area contributed by atoms with Gasteiger partial charge in [-0.1, -0.05) is 0 Å². The third-order valence-electron chi connectivity index (χ3n) is 2.59. The highest BCUT2D eigenvalue weighted by atomic mass is 16.5. The zero-order valence-electron chi connectivity index (χ0n) is 10.5. The van der Waals surface area contributed by atoms with E-state index in [1.165, 1.54) is 13.2 Å². The van der Waals surface area contributed by atoms with Crippen LogP contribution in [0.5, 0.6) is 11.5 Å². The van der Waals surface area contributed by atoms with Gasteiger partial charge in [-0.25, -0.2) is 0 Å². The summed E-state index contributed by atoms with van der Waals surface area (Å²) in [7, 11) is 1.45. The summed E-state index contributed by atoms with van der Waals surface area (Å²) in [4.78, 5) is 13.7. The SMILES string of the molecule is CCN(CCC#N)C(=O)c1ccc(OC)c(O)c1. The van der Waals surface area contributed by atoms with Crippen molar-refractivity contribution in [3.63, 3.8) is 0 Å². The van der Waals surface area contributed by atoms with Gasteiger partial charge in [-0.3, -0.25) is 4.79 Å². The summed E-state index contributed by atoms with van der Waals surface area (Å²) in [5.74, 6) is 0.0528. The fraction of sp³-hybridized carbons (Fsp3) is 0.385. The molecule has 0 saturated carbocycles. The van der Waals surface area contributed by atoms with Gasteiger partial charge in [-0.15, -0.1) is 0 Å². The number of carbonyl (C=O) groups excluding carboxylic acids is 1. The number of rotatable bonds is 5. The molecule has 18 heavy (non-hydrogen) atoms. The number of aromatic hydroxyl groups is 1. The van der Waals surface area contributed by atoms with Crippen LogP contribution in [0.3, 0.4) is 0 Å². The number of hydrogen-bond acceptors (Lipinski definition) is 4. The van der Waals surface area contributed by atoms with Crippen molar-refractivity contribution in [2.45, 2.75) is 13.3 Å². The highest BCUT2D eigenvalue weighted by molar-refractivity contribution is 5.94. The molecule has 0 aliphatic carbocycles. The van der Waals surface area contributed by atoms with Gasteiger partial charge in [0.15, 0.2) is 11.5 Å². The highest BCUT2D eigenvalue weighted by Gasteiger charge is 2.15. The molecule has 0 bridgehead atoms. The van der Waals surface area contributed by atoms with E-state index in [4.69, 9.17) is 10.00 Å². The van der Waals surface area contributed by atoms with E-state index in [2.05, 4.69) is 0 Å². The van der Waals surface area contributed by atoms with Crippen LogP contribution in [0, 0.1) is 11.3 Å². The van der Waals surface area contributed by atoms with Crippen LogP contribution in [0.15, 0.2) is 18.2 Å². The number of hydrogen-bond donors (Lipinski definition) is 1. The molecule has 0 radical (unpaired) electrons. The van der Waals surface area contributed by atoms with Crippen molar-refractivity contribution < 1.29 is 14.6 Å². The molecule has 0 aliphatic rings. The van der Waals surface area contributed by atoms with E-state index in [0.717, 1.165) is 0 Å². The summed E-state index contributed by atoms with van der Waals surface area (Å²) in [6.45, 7) is 2.75. The van der Waals surface area contributed by atoms with Crippen LogP contribution in [0.2, 0.25) is 0 Å². The van der Waals surface area contributed by atoms with E-state index in [9.17, 15) is 9.90 Å². The van der Waals surface area contributed by atoms with Gasteiger partial charge in [0.05, 0.1) is 19.6 Å². The minimum atomic E-state index is -0.203. The lowest BCUT2D eigenvalue weighted by atomic mass is 10.1. The first kappa shape index (κ1) is 13.8. The van der Waals surface area contributed by atoms with Crippen LogP contribution in [-0.4, -0.2) is 36.1 Å². The summed E-state index contributed by atoms with van der Waals surface area (Å²) in [5, 5.41) is 18.2. The fourth-order valence-corrected chi connectivity index (χ4v) is 1.59. The number of benzene rings is 1. The van der Waals surface area contributed by atoms with Crippen molar-refractivity contribution >= 4 is 5.91 Å². The zero-order valence-corrected chi connectivity index (χ0v) is 10.5. The molecule has 0 aromatic heterocycles. The molecule has 1 aromatic rings. The number of phenolic OH excluding ortho intramolecular Hbond substituents is 1. The lowest BCUT2D eigenvalue weighted by molar-refractivity contribution is 0.0767. The summed E-state index contributed by atoms with van der Waals surface area (Å²) < 4.78 is 4.91. The van der Waals surface area contributed by atoms with Crippen molar-refractivity contribution in [2.24, 2.45) is 0 Å². The fourth-order valence-electron chi connectivity index (χ4n) is 1.59. The Bertz CT molecular complexity index is 466. The molecular weight excluding hydrogens is 232 g/mol. The van der Waals surface area contributed by atoms with Gasteiger partial charge >= 0.3 is 0 Å². The normalized spacial score (nSPS) is 9.61. The maximum absolute atomic E-state index is 12.1. The topological polar surface area (TPSA) is 73.6 Å². The average molecular weight is 248 g/mol. The Morgan fingerprint density at radius 2 is 2.28 bits per heavy atom. The van der Waals surface area contributed by atoms with E-state index in [0.29, 0.717) is 30.8 Å². The minimum absolute atomic E-state index is 0.0697. The molecular formula is C13H16N2O3. The Kier molecular flexibility index (Phi) is 5.00. The van der Waals surface area contributed by atoms with Crippen molar-refractivity contribution in [3.05, 3.63) is 23.8 Å². The molecule has 1 amide bonds. The van der Waals surface area contributed by atoms with Gasteiger partial charge < -0.3 is 14.7 Å². The maximum Gasteiger partial charge on any atom is 0.254 e. The second kappa shape index (κ2) is 6.50. The predicted molar refractivity (Wildman–Crippen MR) is 66.5 cm³/mol. The van der Waals surface area contributed by atoms with Gasteiger partial charge in [0.25, 0.3) is 5.91 Å². The average Bonchev–Trinajstić information content (AvgIpc) is 2.39. The summed E-state index contributed by atoms with van der Waals surface area (Å²) in [6.07, 6.45) is 0.293. The highest BCUT2D eigenvalue weighted by Crippen LogP contribution is 2.26. The third kappa shape index (κ3) is 3.14. The molecule has 1 aromatic carbocycles. The first-order valence-electron chi connectivity index (χ1n) is 5.67. The van der Waals surface area contributed by atoms with Gasteiger partial charge in [0.2, 0.25) is 0 Å². The van der Waals surface area contributed by atoms with Gasteiger partial charge in [0, 0.05) is 18.7 Å². The monoisotopic (exact) mass is 248 g/mol. The number of methoxy groups -OCH3 is 1. The molecule has 0 spiro atoms. The van der Waals surface area contributed by atoms with Crippen LogP contribution < -0.4 is 4.74 Å². The Balaban J connectivity index is 2.89. The number of nitriles is 1. The van der Waals surface area contributed by atoms with Crippen LogP contribution >= 0.6 is 0 Å². The first-order valence-corrected chi connectivity index (χ1v) is 5.67. The van der Waals surface area contributed by atoms with E-state index in [1.54, 1.807) is 17.0 Å². The van der Waals surface area contributed by atoms with Crippen molar-refractivity contribution in [3.8, 4) is 17.6 Å². The van der Waals surface area contributed by atoms with E-state index in [-0.39, 0.29) is 11.7 Å². The molecule has 1 rings (SSSR count). The molecule has 0 aliphatic heterocycles. The lowest BCUT2D eigenvalue weighted by Gasteiger charge is -2.19. The van der Waals surface area contributed by atoms with Gasteiger partial charge in [0.1, 0.15) is 0 Å². The minimum Gasteiger partial charge on any atom is -0.504 e. The smallest absolute Gasteiger partial charge is 0.254 e. The van der Waals surface area contributed by atoms with Crippen molar-refractivity contribution in [1.82, 2.24) is 4.90 Å². The maximum atomic E-state index is 12.1. The van der Waals surface area contributed by atoms with Gasteiger partial charge in [-0.05, 0) is 25.1 Å². The summed E-state index contributed by atoms with van der Waals surface area (Å²) in [5.41, 5.74) is 0.382. The molecule has 0 atom stereocenters. The van der Waals surface area contributed by atoms with E-state index >= 15 is 0 Å². The van der Waals surface area contributed by atoms with Crippen LogP contribution in [-0.2, 0) is 0 Å². The summed E-state index contributed by atoms with van der Waals surface area (Å²) >= 11 is 0. The number of ether oxygens (including phenoxy) is 1. The van der Waals surface area contributed by atoms with E-state index < -0.39 is 0 Å². The molecule has 0 fully saturated rings. The third-order valence-corrected chi connectivity index (χ3v) is 2.59. The zero-order chi connectivity index (χ0) is 13.5. The Morgan fingerprint density at radius 3 is 2.78 bits per heavy atom. The van der Waals surface area contributed by atoms with Crippen LogP contribution in [0.25, 0.3) is 0 Å². The molecule has 5 nitrogen and oxygen atoms in total. The van der Waals surface area contributed by atoms with E-state index in [1.807, 2.05) is 13.0 Å². The molecule has 1 N–H and O–H groups in total. The number of nitrogens with zero attached hydrogens (tertiary/aromatic N) is 2. The van der Waals surface area contributed by atoms with Gasteiger partial charge in [-0.2, -0.15) is 5.26 Å². The van der Waals surface area contributed by atoms with Crippen molar-refractivity contribution in [2.75, 3.05) is 20.2 Å². The Morgan fingerprint density at radius 1 is 1.56 bits per heavy atom. The molecule has 5 heteroatoms. The first-order chi connectivity index (χ1) is 8.63. The number of phenols is 1. The molecule has 0 saturated heterocycles. The standard InChI is InChI=1S/C13H16N2O3/c1-3-15(8-4-7-14)13(17)10-5-6-12(18-2)11(16)9-10/h5-6,9,16H,3-4,8H2,1-2H3. The molecule has 96 valence electrons. The second-order valence-electron chi connectivity index (χ2n) is 3.68. The second-order valence-corrected chi connectivity index (χ2v) is 3.68. The molecule has 0 unspecified atom stereocenters. The largest absolute Gasteiger partial charge is 0.504 e. The lowest BCUT2D eigenvalue weighted by Crippen LogP contribution is -2.31. The Hall–Kier alpha value is -2.22. The summed E-state index contributed by atoms with van der Waals surface area (Å²) in [6, 6.07) is 6.51. The quantitative estimate of drug-likeness (QED) is 0.861. The predicted octanol–water partition coefficient (Wildman–Crippen LogP) is 1.78. The van der Waals surface area contributed by atoms with Crippen LogP contribution in [0.1, 0.15) is 23.7 Å². The van der Waals surface area contributed by atoms with Crippen LogP contribution in [0.4, 0.5) is 0 Å².